The van der Waals surface area contributed by atoms with Crippen LogP contribution < -0.4 is 0 Å². The van der Waals surface area contributed by atoms with Crippen LogP contribution in [0.25, 0.3) is 0 Å². The van der Waals surface area contributed by atoms with Gasteiger partial charge in [0.1, 0.15) is 0 Å². The van der Waals surface area contributed by atoms with Crippen LogP contribution in [0.5, 0.6) is 0 Å². The molecule has 0 saturated carbocycles. The molecule has 0 N–H and O–H groups in total. The third-order valence-corrected chi connectivity index (χ3v) is 5.74. The molecule has 5 heteroatoms. The third kappa shape index (κ3) is 2.84. The largest absolute Gasteiger partial charge is 0.343 e. The highest BCUT2D eigenvalue weighted by Crippen LogP contribution is 2.41. The molecule has 1 aromatic heterocycles. The van der Waals surface area contributed by atoms with E-state index in [1.54, 1.807) is 11.3 Å². The standard InChI is InChI=1S/C16H22N2O2S/c1-2-17-7-4-16(11-14(17)19)5-8-18(9-6-16)15(20)13-3-10-21-12-13/h3,10,12H,2,4-9,11H2,1H3. The third-order valence-electron chi connectivity index (χ3n) is 5.05. The van der Waals surface area contributed by atoms with Crippen molar-refractivity contribution in [1.82, 2.24) is 9.80 Å². The number of thiophene rings is 1. The van der Waals surface area contributed by atoms with Gasteiger partial charge in [-0.3, -0.25) is 9.59 Å². The molecule has 1 aromatic rings. The molecular formula is C16H22N2O2S. The topological polar surface area (TPSA) is 40.6 Å². The zero-order valence-corrected chi connectivity index (χ0v) is 13.3. The summed E-state index contributed by atoms with van der Waals surface area (Å²) in [6.45, 7) is 5.31. The van der Waals surface area contributed by atoms with Crippen molar-refractivity contribution in [3.63, 3.8) is 0 Å². The maximum absolute atomic E-state index is 12.4. The van der Waals surface area contributed by atoms with Gasteiger partial charge in [0.2, 0.25) is 5.91 Å². The summed E-state index contributed by atoms with van der Waals surface area (Å²) in [6.07, 6.45) is 3.69. The van der Waals surface area contributed by atoms with Crippen molar-refractivity contribution >= 4 is 23.2 Å². The number of carbonyl (C=O) groups is 2. The Labute approximate surface area is 129 Å². The monoisotopic (exact) mass is 306 g/mol. The van der Waals surface area contributed by atoms with Crippen molar-refractivity contribution < 1.29 is 9.59 Å². The first kappa shape index (κ1) is 14.6. The second-order valence-electron chi connectivity index (χ2n) is 6.20. The second kappa shape index (κ2) is 5.79. The Hall–Kier alpha value is -1.36. The van der Waals surface area contributed by atoms with E-state index in [1.165, 1.54) is 0 Å². The van der Waals surface area contributed by atoms with Gasteiger partial charge in [-0.15, -0.1) is 0 Å². The molecule has 2 fully saturated rings. The number of nitrogens with zero attached hydrogens (tertiary/aromatic N) is 2. The molecule has 2 aliphatic rings. The number of hydrogen-bond acceptors (Lipinski definition) is 3. The Balaban J connectivity index is 1.60. The fraction of sp³-hybridized carbons (Fsp3) is 0.625. The SMILES string of the molecule is CCN1CCC2(CCN(C(=O)c3ccsc3)CC2)CC1=O. The molecule has 0 unspecified atom stereocenters. The lowest BCUT2D eigenvalue weighted by atomic mass is 9.71. The van der Waals surface area contributed by atoms with Crippen molar-refractivity contribution in [1.29, 1.82) is 0 Å². The molecule has 0 radical (unpaired) electrons. The summed E-state index contributed by atoms with van der Waals surface area (Å²) in [5.41, 5.74) is 0.946. The summed E-state index contributed by atoms with van der Waals surface area (Å²) in [7, 11) is 0. The average molecular weight is 306 g/mol. The van der Waals surface area contributed by atoms with Gasteiger partial charge in [-0.1, -0.05) is 0 Å². The molecule has 4 nitrogen and oxygen atoms in total. The molecule has 0 aliphatic carbocycles. The first-order chi connectivity index (χ1) is 10.1. The van der Waals surface area contributed by atoms with Gasteiger partial charge in [-0.25, -0.2) is 0 Å². The molecule has 2 aliphatic heterocycles. The lowest BCUT2D eigenvalue weighted by Crippen LogP contribution is -2.50. The summed E-state index contributed by atoms with van der Waals surface area (Å²) in [6, 6.07) is 1.89. The van der Waals surface area contributed by atoms with E-state index < -0.39 is 0 Å². The Morgan fingerprint density at radius 3 is 2.57 bits per heavy atom. The van der Waals surface area contributed by atoms with E-state index in [1.807, 2.05) is 33.6 Å². The van der Waals surface area contributed by atoms with E-state index in [-0.39, 0.29) is 11.3 Å². The summed E-state index contributed by atoms with van der Waals surface area (Å²) < 4.78 is 0. The first-order valence-corrected chi connectivity index (χ1v) is 8.67. The van der Waals surface area contributed by atoms with Gasteiger partial charge in [0.25, 0.3) is 5.91 Å². The van der Waals surface area contributed by atoms with Crippen LogP contribution in [0.15, 0.2) is 16.8 Å². The van der Waals surface area contributed by atoms with E-state index in [2.05, 4.69) is 0 Å². The van der Waals surface area contributed by atoms with Gasteiger partial charge in [-0.05, 0) is 43.0 Å². The molecule has 0 aromatic carbocycles. The van der Waals surface area contributed by atoms with Gasteiger partial charge in [0.15, 0.2) is 0 Å². The molecular weight excluding hydrogens is 284 g/mol. The number of hydrogen-bond donors (Lipinski definition) is 0. The highest BCUT2D eigenvalue weighted by atomic mass is 32.1. The molecule has 114 valence electrons. The minimum atomic E-state index is 0.142. The Morgan fingerprint density at radius 2 is 2.00 bits per heavy atom. The molecule has 21 heavy (non-hydrogen) atoms. The normalized spacial score (nSPS) is 21.9. The Bertz CT molecular complexity index is 518. The Kier molecular flexibility index (Phi) is 4.02. The number of amides is 2. The predicted molar refractivity (Wildman–Crippen MR) is 83.4 cm³/mol. The fourth-order valence-corrected chi connectivity index (χ4v) is 4.16. The molecule has 3 rings (SSSR count). The van der Waals surface area contributed by atoms with Gasteiger partial charge in [0.05, 0.1) is 5.56 Å². The molecule has 2 saturated heterocycles. The number of piperidine rings is 2. The minimum Gasteiger partial charge on any atom is -0.343 e. The van der Waals surface area contributed by atoms with Crippen molar-refractivity contribution in [3.8, 4) is 0 Å². The van der Waals surface area contributed by atoms with Crippen molar-refractivity contribution in [2.75, 3.05) is 26.2 Å². The van der Waals surface area contributed by atoms with Crippen molar-refractivity contribution in [2.24, 2.45) is 5.41 Å². The zero-order valence-electron chi connectivity index (χ0n) is 12.5. The van der Waals surface area contributed by atoms with Crippen LogP contribution in [0.3, 0.4) is 0 Å². The van der Waals surface area contributed by atoms with Crippen molar-refractivity contribution in [3.05, 3.63) is 22.4 Å². The fourth-order valence-electron chi connectivity index (χ4n) is 3.53. The van der Waals surface area contributed by atoms with Crippen LogP contribution in [0.1, 0.15) is 43.0 Å². The first-order valence-electron chi connectivity index (χ1n) is 7.73. The van der Waals surface area contributed by atoms with Crippen LogP contribution in [0.2, 0.25) is 0 Å². The zero-order chi connectivity index (χ0) is 14.9. The lowest BCUT2D eigenvalue weighted by molar-refractivity contribution is -0.139. The van der Waals surface area contributed by atoms with Crippen molar-refractivity contribution in [2.45, 2.75) is 32.6 Å². The van der Waals surface area contributed by atoms with Gasteiger partial charge < -0.3 is 9.80 Å². The maximum atomic E-state index is 12.4. The second-order valence-corrected chi connectivity index (χ2v) is 6.98. The van der Waals surface area contributed by atoms with E-state index in [0.29, 0.717) is 12.3 Å². The quantitative estimate of drug-likeness (QED) is 0.843. The summed E-state index contributed by atoms with van der Waals surface area (Å²) in [5.74, 6) is 0.435. The number of carbonyl (C=O) groups excluding carboxylic acids is 2. The summed E-state index contributed by atoms with van der Waals surface area (Å²) in [4.78, 5) is 28.4. The molecule has 2 amide bonds. The molecule has 1 spiro atoms. The summed E-state index contributed by atoms with van der Waals surface area (Å²) in [5, 5.41) is 3.85. The highest BCUT2D eigenvalue weighted by Gasteiger charge is 2.41. The average Bonchev–Trinajstić information content (AvgIpc) is 3.02. The van der Waals surface area contributed by atoms with Crippen LogP contribution in [0, 0.1) is 5.41 Å². The van der Waals surface area contributed by atoms with Crippen LogP contribution in [-0.4, -0.2) is 47.8 Å². The van der Waals surface area contributed by atoms with Gasteiger partial charge in [0, 0.05) is 38.0 Å². The minimum absolute atomic E-state index is 0.142. The predicted octanol–water partition coefficient (Wildman–Crippen LogP) is 2.61. The van der Waals surface area contributed by atoms with E-state index in [4.69, 9.17) is 0 Å². The Morgan fingerprint density at radius 1 is 1.29 bits per heavy atom. The van der Waals surface area contributed by atoms with Crippen LogP contribution in [0.4, 0.5) is 0 Å². The summed E-state index contributed by atoms with van der Waals surface area (Å²) >= 11 is 1.56. The van der Waals surface area contributed by atoms with E-state index in [9.17, 15) is 9.59 Å². The highest BCUT2D eigenvalue weighted by molar-refractivity contribution is 7.08. The van der Waals surface area contributed by atoms with Crippen LogP contribution >= 0.6 is 11.3 Å². The maximum Gasteiger partial charge on any atom is 0.254 e. The van der Waals surface area contributed by atoms with Gasteiger partial charge >= 0.3 is 0 Å². The van der Waals surface area contributed by atoms with E-state index in [0.717, 1.165) is 51.0 Å². The van der Waals surface area contributed by atoms with Gasteiger partial charge in [-0.2, -0.15) is 11.3 Å². The molecule has 0 atom stereocenters. The van der Waals surface area contributed by atoms with E-state index >= 15 is 0 Å². The molecule has 3 heterocycles. The molecule has 0 bridgehead atoms. The number of rotatable bonds is 2. The van der Waals surface area contributed by atoms with Crippen LogP contribution in [-0.2, 0) is 4.79 Å². The lowest BCUT2D eigenvalue weighted by Gasteiger charge is -2.46. The smallest absolute Gasteiger partial charge is 0.254 e. The number of likely N-dealkylation sites (tertiary alicyclic amines) is 2.